The molecule has 0 unspecified atom stereocenters. The molecule has 0 N–H and O–H groups in total. The van der Waals surface area contributed by atoms with Gasteiger partial charge in [0.25, 0.3) is 0 Å². The van der Waals surface area contributed by atoms with Gasteiger partial charge >= 0.3 is 0 Å². The molecule has 5 heteroatoms. The molecule has 0 saturated heterocycles. The average molecular weight is 310 g/mol. The number of aromatic nitrogens is 2. The van der Waals surface area contributed by atoms with Gasteiger partial charge in [0.1, 0.15) is 6.07 Å². The summed E-state index contributed by atoms with van der Waals surface area (Å²) in [4.78, 5) is 7.79. The van der Waals surface area contributed by atoms with Gasteiger partial charge in [-0.2, -0.15) is 9.65 Å². The van der Waals surface area contributed by atoms with Gasteiger partial charge in [0.2, 0.25) is 5.95 Å². The molecule has 0 aliphatic rings. The summed E-state index contributed by atoms with van der Waals surface area (Å²) in [7, 11) is 0. The molecule has 1 aromatic carbocycles. The smallest absolute Gasteiger partial charge is 0.220 e. The van der Waals surface area contributed by atoms with E-state index in [4.69, 9.17) is 16.9 Å². The van der Waals surface area contributed by atoms with Gasteiger partial charge in [-0.15, -0.1) is 0 Å². The van der Waals surface area contributed by atoms with Crippen LogP contribution in [0.15, 0.2) is 55.0 Å². The van der Waals surface area contributed by atoms with Crippen LogP contribution in [0.4, 0.5) is 4.39 Å². The fourth-order valence-corrected chi connectivity index (χ4v) is 2.35. The first kappa shape index (κ1) is 14.2. The number of nitriles is 1. The Morgan fingerprint density at radius 3 is 2.59 bits per heavy atom. The lowest BCUT2D eigenvalue weighted by molar-refractivity contribution is 0.587. The Labute approximate surface area is 131 Å². The molecule has 3 aromatic rings. The highest BCUT2D eigenvalue weighted by Gasteiger charge is 2.08. The van der Waals surface area contributed by atoms with E-state index in [9.17, 15) is 4.39 Å². The monoisotopic (exact) mass is 309 g/mol. The predicted octanol–water partition coefficient (Wildman–Crippen LogP) is 4.47. The molecule has 0 bridgehead atoms. The molecule has 0 radical (unpaired) electrons. The third-order valence-corrected chi connectivity index (χ3v) is 3.54. The van der Waals surface area contributed by atoms with Crippen molar-refractivity contribution in [3.63, 3.8) is 0 Å². The lowest BCUT2D eigenvalue weighted by Crippen LogP contribution is -1.90. The van der Waals surface area contributed by atoms with E-state index >= 15 is 0 Å². The molecule has 0 amide bonds. The molecule has 0 fully saturated rings. The minimum absolute atomic E-state index is 0.373. The Hall–Kier alpha value is -2.77. The van der Waals surface area contributed by atoms with E-state index in [0.29, 0.717) is 21.7 Å². The zero-order valence-electron chi connectivity index (χ0n) is 11.3. The van der Waals surface area contributed by atoms with Gasteiger partial charge in [-0.1, -0.05) is 17.7 Å². The maximum atomic E-state index is 13.8. The van der Waals surface area contributed by atoms with Crippen molar-refractivity contribution in [1.82, 2.24) is 9.97 Å². The van der Waals surface area contributed by atoms with Crippen LogP contribution in [0.5, 0.6) is 0 Å². The van der Waals surface area contributed by atoms with E-state index in [-0.39, 0.29) is 0 Å². The number of hydrogen-bond acceptors (Lipinski definition) is 3. The Bertz CT molecular complexity index is 887. The van der Waals surface area contributed by atoms with Crippen LogP contribution >= 0.6 is 11.6 Å². The molecule has 0 saturated carbocycles. The van der Waals surface area contributed by atoms with Gasteiger partial charge < -0.3 is 0 Å². The summed E-state index contributed by atoms with van der Waals surface area (Å²) in [6.45, 7) is 0. The van der Waals surface area contributed by atoms with E-state index in [1.165, 1.54) is 6.20 Å². The predicted molar refractivity (Wildman–Crippen MR) is 82.6 cm³/mol. The van der Waals surface area contributed by atoms with Crippen LogP contribution in [0.2, 0.25) is 5.02 Å². The molecule has 0 aliphatic heterocycles. The van der Waals surface area contributed by atoms with Gasteiger partial charge in [-0.05, 0) is 35.9 Å². The second kappa shape index (κ2) is 5.92. The summed E-state index contributed by atoms with van der Waals surface area (Å²) in [6, 6.07) is 12.3. The Morgan fingerprint density at radius 2 is 1.86 bits per heavy atom. The van der Waals surface area contributed by atoms with E-state index in [1.807, 2.05) is 12.1 Å². The van der Waals surface area contributed by atoms with Crippen LogP contribution in [-0.4, -0.2) is 9.97 Å². The topological polar surface area (TPSA) is 49.6 Å². The Kier molecular flexibility index (Phi) is 3.82. The van der Waals surface area contributed by atoms with Crippen molar-refractivity contribution < 1.29 is 4.39 Å². The summed E-state index contributed by atoms with van der Waals surface area (Å²) in [6.07, 6.45) is 4.64. The second-order valence-corrected chi connectivity index (χ2v) is 5.02. The first-order valence-corrected chi connectivity index (χ1v) is 6.83. The minimum Gasteiger partial charge on any atom is -0.263 e. The Morgan fingerprint density at radius 1 is 1.05 bits per heavy atom. The summed E-state index contributed by atoms with van der Waals surface area (Å²) < 4.78 is 13.8. The van der Waals surface area contributed by atoms with Gasteiger partial charge in [0.15, 0.2) is 0 Å². The number of hydrogen-bond donors (Lipinski definition) is 0. The van der Waals surface area contributed by atoms with Crippen LogP contribution in [0.3, 0.4) is 0 Å². The molecule has 22 heavy (non-hydrogen) atoms. The van der Waals surface area contributed by atoms with Gasteiger partial charge in [0.05, 0.1) is 10.6 Å². The lowest BCUT2D eigenvalue weighted by atomic mass is 10.0. The average Bonchev–Trinajstić information content (AvgIpc) is 2.55. The Balaban J connectivity index is 2.07. The van der Waals surface area contributed by atoms with Crippen LogP contribution in [0.1, 0.15) is 5.56 Å². The van der Waals surface area contributed by atoms with Crippen LogP contribution in [0.25, 0.3) is 22.3 Å². The third-order valence-electron chi connectivity index (χ3n) is 3.23. The van der Waals surface area contributed by atoms with E-state index in [1.54, 1.807) is 42.7 Å². The highest BCUT2D eigenvalue weighted by Crippen LogP contribution is 2.28. The van der Waals surface area contributed by atoms with Crippen molar-refractivity contribution in [2.45, 2.75) is 0 Å². The minimum atomic E-state index is -0.542. The van der Waals surface area contributed by atoms with Crippen molar-refractivity contribution in [2.24, 2.45) is 0 Å². The SMILES string of the molecule is N#Cc1ccc(-c2cncc(-c3cccnc3F)c2)cc1Cl. The number of pyridine rings is 2. The first-order valence-electron chi connectivity index (χ1n) is 6.45. The van der Waals surface area contributed by atoms with Gasteiger partial charge in [0, 0.05) is 35.3 Å². The van der Waals surface area contributed by atoms with Crippen molar-refractivity contribution in [3.05, 3.63) is 71.5 Å². The summed E-state index contributed by atoms with van der Waals surface area (Å²) in [5.41, 5.74) is 3.02. The normalized spacial score (nSPS) is 10.2. The largest absolute Gasteiger partial charge is 0.263 e. The maximum Gasteiger partial charge on any atom is 0.220 e. The zero-order chi connectivity index (χ0) is 15.5. The molecule has 106 valence electrons. The summed E-state index contributed by atoms with van der Waals surface area (Å²) in [5, 5.41) is 9.28. The van der Waals surface area contributed by atoms with Crippen molar-refractivity contribution in [1.29, 1.82) is 5.26 Å². The number of benzene rings is 1. The second-order valence-electron chi connectivity index (χ2n) is 4.61. The molecule has 0 aliphatic carbocycles. The van der Waals surface area contributed by atoms with Gasteiger partial charge in [-0.25, -0.2) is 4.98 Å². The fraction of sp³-hybridized carbons (Fsp3) is 0. The molecule has 3 nitrogen and oxygen atoms in total. The molecular weight excluding hydrogens is 301 g/mol. The highest BCUT2D eigenvalue weighted by molar-refractivity contribution is 6.32. The molecule has 3 rings (SSSR count). The van der Waals surface area contributed by atoms with E-state index in [0.717, 1.165) is 11.1 Å². The van der Waals surface area contributed by atoms with Crippen LogP contribution in [-0.2, 0) is 0 Å². The molecule has 2 aromatic heterocycles. The maximum absolute atomic E-state index is 13.8. The lowest BCUT2D eigenvalue weighted by Gasteiger charge is -2.06. The number of halogens is 2. The molecule has 0 spiro atoms. The quantitative estimate of drug-likeness (QED) is 0.656. The zero-order valence-corrected chi connectivity index (χ0v) is 12.0. The molecule has 2 heterocycles. The van der Waals surface area contributed by atoms with E-state index < -0.39 is 5.95 Å². The first-order chi connectivity index (χ1) is 10.7. The van der Waals surface area contributed by atoms with Crippen molar-refractivity contribution >= 4 is 11.6 Å². The fourth-order valence-electron chi connectivity index (χ4n) is 2.13. The van der Waals surface area contributed by atoms with Crippen LogP contribution in [0, 0.1) is 17.3 Å². The van der Waals surface area contributed by atoms with Gasteiger partial charge in [-0.3, -0.25) is 4.98 Å². The molecular formula is C17H9ClFN3. The van der Waals surface area contributed by atoms with E-state index in [2.05, 4.69) is 9.97 Å². The summed E-state index contributed by atoms with van der Waals surface area (Å²) in [5.74, 6) is -0.542. The molecule has 0 atom stereocenters. The summed E-state index contributed by atoms with van der Waals surface area (Å²) >= 11 is 6.05. The van der Waals surface area contributed by atoms with Crippen LogP contribution < -0.4 is 0 Å². The third kappa shape index (κ3) is 2.67. The number of rotatable bonds is 2. The standard InChI is InChI=1S/C17H9ClFN3/c18-16-7-11(3-4-12(16)8-20)13-6-14(10-21-9-13)15-2-1-5-22-17(15)19/h1-7,9-10H. The number of nitrogens with zero attached hydrogens (tertiary/aromatic N) is 3. The highest BCUT2D eigenvalue weighted by atomic mass is 35.5. The van der Waals surface area contributed by atoms with Crippen molar-refractivity contribution in [2.75, 3.05) is 0 Å². The van der Waals surface area contributed by atoms with Crippen molar-refractivity contribution in [3.8, 4) is 28.3 Å².